The zero-order valence-electron chi connectivity index (χ0n) is 19.8. The number of carbonyl (C=O) groups excluding carboxylic acids is 1. The molecule has 1 heterocycles. The molecule has 3 aromatic rings. The van der Waals surface area contributed by atoms with Crippen LogP contribution in [-0.2, 0) is 19.4 Å². The molecule has 12 heteroatoms. The highest BCUT2D eigenvalue weighted by Crippen LogP contribution is 2.29. The third kappa shape index (κ3) is 6.56. The molecule has 0 saturated heterocycles. The zero-order chi connectivity index (χ0) is 26.7. The van der Waals surface area contributed by atoms with Gasteiger partial charge in [-0.3, -0.25) is 9.59 Å². The molecule has 0 fully saturated rings. The topological polar surface area (TPSA) is 131 Å². The van der Waals surface area contributed by atoms with E-state index in [2.05, 4.69) is 21.0 Å². The minimum absolute atomic E-state index is 0.00560. The lowest BCUT2D eigenvalue weighted by molar-refractivity contribution is -0.155. The summed E-state index contributed by atoms with van der Waals surface area (Å²) in [5.74, 6) is -1.13. The van der Waals surface area contributed by atoms with Crippen LogP contribution in [0.15, 0.2) is 62.8 Å². The first kappa shape index (κ1) is 27.5. The van der Waals surface area contributed by atoms with Gasteiger partial charge in [-0.1, -0.05) is 12.1 Å². The second-order valence-electron chi connectivity index (χ2n) is 8.54. The first-order chi connectivity index (χ1) is 16.8. The van der Waals surface area contributed by atoms with E-state index in [1.54, 1.807) is 26.0 Å². The highest BCUT2D eigenvalue weighted by molar-refractivity contribution is 9.10. The number of benzene rings is 2. The van der Waals surface area contributed by atoms with E-state index in [0.717, 1.165) is 10.9 Å². The van der Waals surface area contributed by atoms with Gasteiger partial charge in [0.25, 0.3) is 0 Å². The lowest BCUT2D eigenvalue weighted by Crippen LogP contribution is -2.33. The van der Waals surface area contributed by atoms with E-state index in [9.17, 15) is 22.4 Å². The van der Waals surface area contributed by atoms with Gasteiger partial charge < -0.3 is 15.2 Å². The number of sulfone groups is 1. The summed E-state index contributed by atoms with van der Waals surface area (Å²) in [6, 6.07) is 9.94. The Morgan fingerprint density at radius 3 is 2.44 bits per heavy atom. The molecule has 0 bridgehead atoms. The fourth-order valence-corrected chi connectivity index (χ4v) is 4.26. The number of hydrogen-bond donors (Lipinski definition) is 1. The molecule has 0 aliphatic heterocycles. The Balaban J connectivity index is 2.03. The Hall–Kier alpha value is -3.09. The van der Waals surface area contributed by atoms with E-state index in [0.29, 0.717) is 16.8 Å². The highest BCUT2D eigenvalue weighted by atomic mass is 79.9. The Labute approximate surface area is 216 Å². The molecular weight excluding hydrogens is 557 g/mol. The second kappa shape index (κ2) is 10.9. The number of aromatic nitrogens is 2. The summed E-state index contributed by atoms with van der Waals surface area (Å²) < 4.78 is 49.8. The monoisotopic (exact) mass is 581 g/mol. The van der Waals surface area contributed by atoms with E-state index >= 15 is 0 Å². The van der Waals surface area contributed by atoms with Gasteiger partial charge in [0, 0.05) is 18.2 Å². The number of hydrogen-bond acceptors (Lipinski definition) is 8. The maximum atomic E-state index is 13.7. The van der Waals surface area contributed by atoms with Gasteiger partial charge in [-0.25, -0.2) is 12.8 Å². The van der Waals surface area contributed by atoms with Crippen LogP contribution in [0, 0.1) is 5.82 Å². The third-order valence-corrected chi connectivity index (χ3v) is 6.92. The maximum Gasteiger partial charge on any atom is 0.320 e. The summed E-state index contributed by atoms with van der Waals surface area (Å²) >= 11 is 3.10. The van der Waals surface area contributed by atoms with E-state index in [1.807, 2.05) is 0 Å². The van der Waals surface area contributed by atoms with Crippen molar-refractivity contribution in [3.8, 4) is 22.6 Å². The summed E-state index contributed by atoms with van der Waals surface area (Å²) in [5, 5.41) is 4.21. The summed E-state index contributed by atoms with van der Waals surface area (Å²) in [5.41, 5.74) is 4.93. The molecule has 3 rings (SSSR count). The molecule has 0 amide bonds. The number of ether oxygens (including phenoxy) is 2. The normalized spacial score (nSPS) is 11.8. The number of rotatable bonds is 9. The highest BCUT2D eigenvalue weighted by Gasteiger charge is 2.24. The first-order valence-electron chi connectivity index (χ1n) is 10.8. The van der Waals surface area contributed by atoms with Crippen LogP contribution in [0.4, 0.5) is 4.39 Å². The Kier molecular flexibility index (Phi) is 8.32. The predicted molar refractivity (Wildman–Crippen MR) is 135 cm³/mol. The van der Waals surface area contributed by atoms with Crippen molar-refractivity contribution in [1.29, 1.82) is 0 Å². The fraction of sp³-hybridized carbons (Fsp3) is 0.292. The molecule has 2 aromatic carbocycles. The molecule has 1 aromatic heterocycles. The van der Waals surface area contributed by atoms with Gasteiger partial charge in [-0.2, -0.15) is 9.78 Å². The lowest BCUT2D eigenvalue weighted by Gasteiger charge is -2.25. The van der Waals surface area contributed by atoms with Crippen molar-refractivity contribution in [2.24, 2.45) is 5.73 Å². The van der Waals surface area contributed by atoms with Gasteiger partial charge in [-0.15, -0.1) is 0 Å². The average Bonchev–Trinajstić information content (AvgIpc) is 2.81. The van der Waals surface area contributed by atoms with Gasteiger partial charge in [0.15, 0.2) is 15.6 Å². The molecule has 0 spiro atoms. The van der Waals surface area contributed by atoms with Crippen LogP contribution in [-0.4, -0.2) is 49.2 Å². The minimum Gasteiger partial charge on any atom is -0.487 e. The van der Waals surface area contributed by atoms with Crippen LogP contribution >= 0.6 is 15.9 Å². The molecule has 2 N–H and O–H groups in total. The fourth-order valence-electron chi connectivity index (χ4n) is 3.27. The van der Waals surface area contributed by atoms with Gasteiger partial charge in [0.05, 0.1) is 34.4 Å². The Bertz CT molecular complexity index is 1440. The number of halogens is 2. The second-order valence-corrected chi connectivity index (χ2v) is 11.4. The van der Waals surface area contributed by atoms with Crippen molar-refractivity contribution in [3.63, 3.8) is 0 Å². The van der Waals surface area contributed by atoms with Gasteiger partial charge in [0.2, 0.25) is 0 Å². The summed E-state index contributed by atoms with van der Waals surface area (Å²) in [4.78, 5) is 25.1. The number of nitrogens with two attached hydrogens (primary N) is 1. The molecule has 0 atom stereocenters. The third-order valence-electron chi connectivity index (χ3n) is 5.18. The molecule has 192 valence electrons. The molecule has 0 saturated carbocycles. The van der Waals surface area contributed by atoms with E-state index in [1.165, 1.54) is 36.5 Å². The molecule has 9 nitrogen and oxygen atoms in total. The minimum atomic E-state index is -3.41. The van der Waals surface area contributed by atoms with Crippen LogP contribution in [0.3, 0.4) is 0 Å². The van der Waals surface area contributed by atoms with Crippen LogP contribution < -0.4 is 16.0 Å². The van der Waals surface area contributed by atoms with Crippen LogP contribution in [0.5, 0.6) is 5.75 Å². The number of nitrogens with zero attached hydrogens (tertiary/aromatic N) is 2. The summed E-state index contributed by atoms with van der Waals surface area (Å²) in [6.45, 7) is 3.12. The Morgan fingerprint density at radius 2 is 1.86 bits per heavy atom. The quantitative estimate of drug-likeness (QED) is 0.381. The average molecular weight is 582 g/mol. The molecular formula is C24H25BrFN3O6S. The van der Waals surface area contributed by atoms with Crippen molar-refractivity contribution in [2.75, 3.05) is 19.4 Å². The maximum absolute atomic E-state index is 13.7. The predicted octanol–water partition coefficient (Wildman–Crippen LogP) is 3.25. The van der Waals surface area contributed by atoms with Crippen molar-refractivity contribution in [1.82, 2.24) is 9.78 Å². The van der Waals surface area contributed by atoms with Crippen LogP contribution in [0.25, 0.3) is 16.8 Å². The van der Waals surface area contributed by atoms with Crippen LogP contribution in [0.2, 0.25) is 0 Å². The molecule has 36 heavy (non-hydrogen) atoms. The largest absolute Gasteiger partial charge is 0.487 e. The van der Waals surface area contributed by atoms with E-state index in [4.69, 9.17) is 15.2 Å². The first-order valence-corrected chi connectivity index (χ1v) is 13.4. The summed E-state index contributed by atoms with van der Waals surface area (Å²) in [7, 11) is -3.41. The van der Waals surface area contributed by atoms with E-state index < -0.39 is 32.8 Å². The number of esters is 1. The molecule has 0 aliphatic rings. The van der Waals surface area contributed by atoms with Gasteiger partial charge in [0.1, 0.15) is 11.4 Å². The SMILES string of the molecule is CC(C)(CCOc1c(-c2ccc(S(C)(=O)=O)cc2)cnn(-c2ccc(F)c(Br)c2)c1=O)OC(=O)CN. The molecule has 0 aliphatic carbocycles. The Morgan fingerprint density at radius 1 is 1.19 bits per heavy atom. The van der Waals surface area contributed by atoms with Crippen molar-refractivity contribution in [2.45, 2.75) is 30.8 Å². The summed E-state index contributed by atoms with van der Waals surface area (Å²) in [6.07, 6.45) is 2.75. The van der Waals surface area contributed by atoms with E-state index in [-0.39, 0.29) is 34.7 Å². The van der Waals surface area contributed by atoms with Crippen molar-refractivity contribution < 1.29 is 27.1 Å². The van der Waals surface area contributed by atoms with Crippen LogP contribution in [0.1, 0.15) is 20.3 Å². The molecule has 0 radical (unpaired) electrons. The number of carbonyl (C=O) groups is 1. The lowest BCUT2D eigenvalue weighted by atomic mass is 10.1. The standard InChI is InChI=1S/C24H25BrFN3O6S/c1-24(2,35-21(30)13-27)10-11-34-22-18(15-4-7-17(8-5-15)36(3,32)33)14-28-29(23(22)31)16-6-9-20(26)19(25)12-16/h4-9,12,14H,10-11,13,27H2,1-3H3. The van der Waals surface area contributed by atoms with Gasteiger partial charge in [-0.05, 0) is 65.7 Å². The zero-order valence-corrected chi connectivity index (χ0v) is 22.2. The molecule has 0 unspecified atom stereocenters. The van der Waals surface area contributed by atoms with Crippen molar-refractivity contribution >= 4 is 31.7 Å². The van der Waals surface area contributed by atoms with Gasteiger partial charge >= 0.3 is 11.5 Å². The van der Waals surface area contributed by atoms with Crippen molar-refractivity contribution in [3.05, 3.63) is 69.3 Å². The smallest absolute Gasteiger partial charge is 0.320 e.